The van der Waals surface area contributed by atoms with E-state index >= 15 is 0 Å². The van der Waals surface area contributed by atoms with Crippen LogP contribution in [-0.4, -0.2) is 9.97 Å². The lowest BCUT2D eigenvalue weighted by atomic mass is 9.94. The average molecular weight is 627 g/mol. The monoisotopic (exact) mass is 626 g/mol. The number of hydrogen-bond donors (Lipinski definition) is 0. The standard InChI is InChI=1S/C46H30N2O/c1-3-11-31(12-4-1)36-25-37(32-13-5-2-6-14-32)27-38(26-36)44-30-39(42-16-9-10-24-47-42)29-43(48-44)34-20-18-33(19-21-34)35-22-23-46-41(28-35)40-15-7-8-17-45(40)49-46/h1-30H. The number of pyridine rings is 2. The molecule has 0 saturated carbocycles. The first-order chi connectivity index (χ1) is 24.2. The van der Waals surface area contributed by atoms with Crippen LogP contribution in [0.5, 0.6) is 0 Å². The first-order valence-corrected chi connectivity index (χ1v) is 16.5. The Labute approximate surface area is 284 Å². The number of hydrogen-bond acceptors (Lipinski definition) is 3. The Morgan fingerprint density at radius 2 is 0.837 bits per heavy atom. The zero-order chi connectivity index (χ0) is 32.6. The van der Waals surface area contributed by atoms with Crippen LogP contribution in [0, 0.1) is 0 Å². The molecular formula is C46H30N2O. The van der Waals surface area contributed by atoms with Gasteiger partial charge in [-0.3, -0.25) is 4.98 Å². The molecule has 0 aliphatic rings. The molecular weight excluding hydrogens is 597 g/mol. The van der Waals surface area contributed by atoms with Crippen molar-refractivity contribution in [1.29, 1.82) is 0 Å². The molecule has 3 heterocycles. The van der Waals surface area contributed by atoms with Gasteiger partial charge in [-0.15, -0.1) is 0 Å². The van der Waals surface area contributed by atoms with Gasteiger partial charge in [0.1, 0.15) is 11.2 Å². The van der Waals surface area contributed by atoms with Crippen molar-refractivity contribution in [2.45, 2.75) is 0 Å². The van der Waals surface area contributed by atoms with Crippen LogP contribution in [0.4, 0.5) is 0 Å². The molecule has 0 N–H and O–H groups in total. The number of nitrogens with zero attached hydrogens (tertiary/aromatic N) is 2. The van der Waals surface area contributed by atoms with Crippen LogP contribution in [0.3, 0.4) is 0 Å². The first-order valence-electron chi connectivity index (χ1n) is 16.5. The summed E-state index contributed by atoms with van der Waals surface area (Å²) in [7, 11) is 0. The maximum Gasteiger partial charge on any atom is 0.135 e. The minimum Gasteiger partial charge on any atom is -0.456 e. The van der Waals surface area contributed by atoms with Crippen molar-refractivity contribution < 1.29 is 4.42 Å². The summed E-state index contributed by atoms with van der Waals surface area (Å²) in [5.74, 6) is 0. The molecule has 0 atom stereocenters. The van der Waals surface area contributed by atoms with Gasteiger partial charge in [0.05, 0.1) is 17.1 Å². The summed E-state index contributed by atoms with van der Waals surface area (Å²) < 4.78 is 6.07. The maximum absolute atomic E-state index is 6.07. The highest BCUT2D eigenvalue weighted by Crippen LogP contribution is 2.37. The first kappa shape index (κ1) is 28.6. The maximum atomic E-state index is 6.07. The van der Waals surface area contributed by atoms with E-state index in [2.05, 4.69) is 152 Å². The van der Waals surface area contributed by atoms with Crippen LogP contribution in [0.25, 0.3) is 89.1 Å². The highest BCUT2D eigenvalue weighted by atomic mass is 16.3. The van der Waals surface area contributed by atoms with Crippen LogP contribution in [-0.2, 0) is 0 Å². The Kier molecular flexibility index (Phi) is 7.14. The van der Waals surface area contributed by atoms with E-state index < -0.39 is 0 Å². The molecule has 9 rings (SSSR count). The zero-order valence-corrected chi connectivity index (χ0v) is 26.6. The van der Waals surface area contributed by atoms with E-state index in [0.29, 0.717) is 0 Å². The van der Waals surface area contributed by atoms with Gasteiger partial charge in [0.25, 0.3) is 0 Å². The van der Waals surface area contributed by atoms with Gasteiger partial charge < -0.3 is 4.42 Å². The predicted molar refractivity (Wildman–Crippen MR) is 202 cm³/mol. The third-order valence-electron chi connectivity index (χ3n) is 9.12. The van der Waals surface area contributed by atoms with Crippen LogP contribution in [0.2, 0.25) is 0 Å². The van der Waals surface area contributed by atoms with E-state index in [1.807, 2.05) is 30.5 Å². The molecule has 6 aromatic carbocycles. The Bertz CT molecular complexity index is 2510. The average Bonchev–Trinajstić information content (AvgIpc) is 3.57. The zero-order valence-electron chi connectivity index (χ0n) is 26.6. The van der Waals surface area contributed by atoms with Crippen molar-refractivity contribution >= 4 is 21.9 Å². The van der Waals surface area contributed by atoms with Crippen molar-refractivity contribution in [2.24, 2.45) is 0 Å². The normalized spacial score (nSPS) is 11.3. The summed E-state index contributed by atoms with van der Waals surface area (Å²) in [4.78, 5) is 10.0. The molecule has 3 nitrogen and oxygen atoms in total. The van der Waals surface area contributed by atoms with Gasteiger partial charge in [-0.2, -0.15) is 0 Å². The van der Waals surface area contributed by atoms with Crippen LogP contribution < -0.4 is 0 Å². The lowest BCUT2D eigenvalue weighted by Gasteiger charge is -2.14. The topological polar surface area (TPSA) is 38.9 Å². The Balaban J connectivity index is 1.16. The number of para-hydroxylation sites is 1. The number of fused-ring (bicyclic) bond motifs is 3. The lowest BCUT2D eigenvalue weighted by molar-refractivity contribution is 0.669. The third kappa shape index (κ3) is 5.58. The second-order valence-electron chi connectivity index (χ2n) is 12.3. The SMILES string of the molecule is c1ccc(-c2cc(-c3ccccc3)cc(-c3cc(-c4ccccn4)cc(-c4ccc(-c5ccc6oc7ccccc7c6c5)cc4)n3)c2)cc1. The Morgan fingerprint density at radius 1 is 0.306 bits per heavy atom. The number of aromatic nitrogens is 2. The Hall–Kier alpha value is -6.58. The molecule has 3 aromatic heterocycles. The molecule has 0 amide bonds. The van der Waals surface area contributed by atoms with Gasteiger partial charge in [-0.1, -0.05) is 115 Å². The molecule has 49 heavy (non-hydrogen) atoms. The van der Waals surface area contributed by atoms with Gasteiger partial charge in [-0.25, -0.2) is 4.98 Å². The fourth-order valence-electron chi connectivity index (χ4n) is 6.62. The van der Waals surface area contributed by atoms with E-state index in [1.54, 1.807) is 0 Å². The van der Waals surface area contributed by atoms with E-state index in [-0.39, 0.29) is 0 Å². The second-order valence-corrected chi connectivity index (χ2v) is 12.3. The Morgan fingerprint density at radius 3 is 1.53 bits per heavy atom. The fraction of sp³-hybridized carbons (Fsp3) is 0. The number of benzene rings is 6. The van der Waals surface area contributed by atoms with Crippen molar-refractivity contribution in [3.8, 4) is 67.2 Å². The quantitative estimate of drug-likeness (QED) is 0.184. The lowest BCUT2D eigenvalue weighted by Crippen LogP contribution is -1.94. The van der Waals surface area contributed by atoms with Crippen molar-refractivity contribution in [3.05, 3.63) is 182 Å². The summed E-state index contributed by atoms with van der Waals surface area (Å²) in [5, 5.41) is 2.25. The minimum absolute atomic E-state index is 0.896. The smallest absolute Gasteiger partial charge is 0.135 e. The molecule has 3 heteroatoms. The summed E-state index contributed by atoms with van der Waals surface area (Å²) in [5.41, 5.74) is 14.5. The van der Waals surface area contributed by atoms with Gasteiger partial charge in [-0.05, 0) is 94.0 Å². The largest absolute Gasteiger partial charge is 0.456 e. The molecule has 0 fully saturated rings. The third-order valence-corrected chi connectivity index (χ3v) is 9.12. The molecule has 0 bridgehead atoms. The highest BCUT2D eigenvalue weighted by molar-refractivity contribution is 6.06. The van der Waals surface area contributed by atoms with Crippen LogP contribution in [0.1, 0.15) is 0 Å². The summed E-state index contributed by atoms with van der Waals surface area (Å²) in [6.45, 7) is 0. The van der Waals surface area contributed by atoms with Gasteiger partial charge >= 0.3 is 0 Å². The van der Waals surface area contributed by atoms with Gasteiger partial charge in [0, 0.05) is 33.7 Å². The number of furan rings is 1. The van der Waals surface area contributed by atoms with Crippen LogP contribution in [0.15, 0.2) is 187 Å². The highest BCUT2D eigenvalue weighted by Gasteiger charge is 2.14. The molecule has 0 aliphatic heterocycles. The van der Waals surface area contributed by atoms with Gasteiger partial charge in [0.2, 0.25) is 0 Å². The van der Waals surface area contributed by atoms with E-state index in [1.165, 1.54) is 11.1 Å². The van der Waals surface area contributed by atoms with Crippen LogP contribution >= 0.6 is 0 Å². The van der Waals surface area contributed by atoms with E-state index in [9.17, 15) is 0 Å². The summed E-state index contributed by atoms with van der Waals surface area (Å²) in [6, 6.07) is 61.5. The van der Waals surface area contributed by atoms with Gasteiger partial charge in [0.15, 0.2) is 0 Å². The minimum atomic E-state index is 0.896. The van der Waals surface area contributed by atoms with E-state index in [0.717, 1.165) is 78.0 Å². The molecule has 0 saturated heterocycles. The second kappa shape index (κ2) is 12.2. The molecule has 9 aromatic rings. The molecule has 0 aliphatic carbocycles. The molecule has 0 spiro atoms. The summed E-state index contributed by atoms with van der Waals surface area (Å²) in [6.07, 6.45) is 1.84. The molecule has 0 radical (unpaired) electrons. The van der Waals surface area contributed by atoms with Crippen molar-refractivity contribution in [3.63, 3.8) is 0 Å². The van der Waals surface area contributed by atoms with Crippen molar-refractivity contribution in [2.75, 3.05) is 0 Å². The van der Waals surface area contributed by atoms with Crippen molar-refractivity contribution in [1.82, 2.24) is 9.97 Å². The van der Waals surface area contributed by atoms with E-state index in [4.69, 9.17) is 14.4 Å². The fourth-order valence-corrected chi connectivity index (χ4v) is 6.62. The molecule has 0 unspecified atom stereocenters. The summed E-state index contributed by atoms with van der Waals surface area (Å²) >= 11 is 0. The predicted octanol–water partition coefficient (Wildman–Crippen LogP) is 12.4. The molecule has 230 valence electrons. The number of rotatable bonds is 6.